The molecule has 0 bridgehead atoms. The van der Waals surface area contributed by atoms with Crippen LogP contribution in [0, 0.1) is 6.92 Å². The van der Waals surface area contributed by atoms with Crippen LogP contribution in [0.1, 0.15) is 18.1 Å². The highest BCUT2D eigenvalue weighted by Crippen LogP contribution is 2.31. The minimum absolute atomic E-state index is 0.438. The molecule has 28 heavy (non-hydrogen) atoms. The van der Waals surface area contributed by atoms with Crippen molar-refractivity contribution >= 4 is 35.2 Å². The number of esters is 1. The molecular formula is C21H20ClNO5. The number of amides is 1. The van der Waals surface area contributed by atoms with Gasteiger partial charge in [0.1, 0.15) is 13.2 Å². The van der Waals surface area contributed by atoms with Crippen molar-refractivity contribution in [3.05, 3.63) is 58.6 Å². The molecule has 1 aliphatic heterocycles. The van der Waals surface area contributed by atoms with Crippen LogP contribution in [0.5, 0.6) is 11.5 Å². The summed E-state index contributed by atoms with van der Waals surface area (Å²) in [6.07, 6.45) is 1.89. The molecule has 3 rings (SSSR count). The number of nitrogens with one attached hydrogen (secondary N) is 1. The van der Waals surface area contributed by atoms with Crippen LogP contribution in [-0.4, -0.2) is 31.2 Å². The molecule has 0 radical (unpaired) electrons. The molecule has 146 valence electrons. The van der Waals surface area contributed by atoms with Crippen molar-refractivity contribution < 1.29 is 23.8 Å². The summed E-state index contributed by atoms with van der Waals surface area (Å²) in [5.41, 5.74) is 2.08. The lowest BCUT2D eigenvalue weighted by atomic mass is 10.2. The smallest absolute Gasteiger partial charge is 0.331 e. The molecule has 0 saturated heterocycles. The number of ether oxygens (including phenoxy) is 3. The van der Waals surface area contributed by atoms with Gasteiger partial charge in [0.25, 0.3) is 5.91 Å². The Morgan fingerprint density at radius 3 is 2.71 bits per heavy atom. The fourth-order valence-electron chi connectivity index (χ4n) is 2.57. The molecule has 0 aliphatic carbocycles. The summed E-state index contributed by atoms with van der Waals surface area (Å²) in [7, 11) is 0. The third-order valence-electron chi connectivity index (χ3n) is 4.17. The molecule has 0 aromatic heterocycles. The fourth-order valence-corrected chi connectivity index (χ4v) is 2.75. The van der Waals surface area contributed by atoms with Crippen LogP contribution in [0.25, 0.3) is 6.08 Å². The second kappa shape index (κ2) is 8.80. The molecule has 1 N–H and O–H groups in total. The van der Waals surface area contributed by atoms with E-state index in [2.05, 4.69) is 5.32 Å². The minimum atomic E-state index is -0.962. The first-order chi connectivity index (χ1) is 13.4. The van der Waals surface area contributed by atoms with Crippen LogP contribution in [0.2, 0.25) is 5.02 Å². The number of hydrogen-bond acceptors (Lipinski definition) is 5. The third-order valence-corrected chi connectivity index (χ3v) is 4.58. The van der Waals surface area contributed by atoms with E-state index in [1.807, 2.05) is 0 Å². The van der Waals surface area contributed by atoms with E-state index in [-0.39, 0.29) is 0 Å². The number of carbonyl (C=O) groups excluding carboxylic acids is 2. The van der Waals surface area contributed by atoms with Crippen LogP contribution < -0.4 is 14.8 Å². The number of anilines is 1. The Morgan fingerprint density at radius 1 is 1.18 bits per heavy atom. The first kappa shape index (κ1) is 19.8. The Hall–Kier alpha value is -2.99. The number of carbonyl (C=O) groups is 2. The highest BCUT2D eigenvalue weighted by molar-refractivity contribution is 6.31. The zero-order valence-corrected chi connectivity index (χ0v) is 16.3. The zero-order valence-electron chi connectivity index (χ0n) is 15.5. The highest BCUT2D eigenvalue weighted by Gasteiger charge is 2.18. The maximum Gasteiger partial charge on any atom is 0.331 e. The molecule has 1 amide bonds. The monoisotopic (exact) mass is 401 g/mol. The van der Waals surface area contributed by atoms with Gasteiger partial charge in [0.2, 0.25) is 0 Å². The summed E-state index contributed by atoms with van der Waals surface area (Å²) < 4.78 is 16.1. The SMILES string of the molecule is Cc1c(Cl)cccc1NC(=O)C(C)OC(=O)C=Cc1ccc2c(c1)OCCO2. The molecule has 7 heteroatoms. The van der Waals surface area contributed by atoms with Crippen LogP contribution in [0.15, 0.2) is 42.5 Å². The molecule has 1 aliphatic rings. The molecule has 2 aromatic carbocycles. The first-order valence-corrected chi connectivity index (χ1v) is 9.16. The van der Waals surface area contributed by atoms with Crippen molar-refractivity contribution in [3.8, 4) is 11.5 Å². The van der Waals surface area contributed by atoms with E-state index in [1.165, 1.54) is 13.0 Å². The van der Waals surface area contributed by atoms with E-state index in [1.54, 1.807) is 49.4 Å². The number of rotatable bonds is 5. The average Bonchev–Trinajstić information content (AvgIpc) is 2.69. The Bertz CT molecular complexity index is 925. The summed E-state index contributed by atoms with van der Waals surface area (Å²) in [4.78, 5) is 24.3. The van der Waals surface area contributed by atoms with Gasteiger partial charge in [-0.1, -0.05) is 23.7 Å². The van der Waals surface area contributed by atoms with Crippen LogP contribution in [0.4, 0.5) is 5.69 Å². The number of benzene rings is 2. The van der Waals surface area contributed by atoms with Crippen molar-refractivity contribution in [1.82, 2.24) is 0 Å². The van der Waals surface area contributed by atoms with E-state index in [0.717, 1.165) is 11.1 Å². The van der Waals surface area contributed by atoms with Gasteiger partial charge in [-0.15, -0.1) is 0 Å². The maximum absolute atomic E-state index is 12.3. The van der Waals surface area contributed by atoms with Gasteiger partial charge in [0, 0.05) is 16.8 Å². The van der Waals surface area contributed by atoms with Crippen molar-refractivity contribution in [2.24, 2.45) is 0 Å². The summed E-state index contributed by atoms with van der Waals surface area (Å²) >= 11 is 6.04. The molecule has 0 fully saturated rings. The zero-order chi connectivity index (χ0) is 20.1. The number of hydrogen-bond donors (Lipinski definition) is 1. The van der Waals surface area contributed by atoms with Crippen LogP contribution >= 0.6 is 11.6 Å². The van der Waals surface area contributed by atoms with Crippen LogP contribution in [0.3, 0.4) is 0 Å². The standard InChI is InChI=1S/C21H20ClNO5/c1-13-16(22)4-3-5-17(13)23-21(25)14(2)28-20(24)9-7-15-6-8-18-19(12-15)27-11-10-26-18/h3-9,12,14H,10-11H2,1-2H3,(H,23,25). The van der Waals surface area contributed by atoms with Crippen molar-refractivity contribution in [3.63, 3.8) is 0 Å². The number of fused-ring (bicyclic) bond motifs is 1. The van der Waals surface area contributed by atoms with Gasteiger partial charge < -0.3 is 19.5 Å². The normalized spacial score (nSPS) is 13.8. The lowest BCUT2D eigenvalue weighted by molar-refractivity contribution is -0.148. The molecule has 6 nitrogen and oxygen atoms in total. The summed E-state index contributed by atoms with van der Waals surface area (Å²) in [6, 6.07) is 10.6. The highest BCUT2D eigenvalue weighted by atomic mass is 35.5. The third kappa shape index (κ3) is 4.84. The maximum atomic E-state index is 12.3. The Labute approximate surface area is 168 Å². The van der Waals surface area contributed by atoms with Gasteiger partial charge in [-0.3, -0.25) is 4.79 Å². The second-order valence-corrected chi connectivity index (χ2v) is 6.62. The Kier molecular flexibility index (Phi) is 6.21. The van der Waals surface area contributed by atoms with Gasteiger partial charge in [-0.2, -0.15) is 0 Å². The largest absolute Gasteiger partial charge is 0.486 e. The lowest BCUT2D eigenvalue weighted by Crippen LogP contribution is -2.29. The molecule has 1 heterocycles. The molecular weight excluding hydrogens is 382 g/mol. The van der Waals surface area contributed by atoms with Gasteiger partial charge >= 0.3 is 5.97 Å². The van der Waals surface area contributed by atoms with E-state index in [9.17, 15) is 9.59 Å². The van der Waals surface area contributed by atoms with Crippen molar-refractivity contribution in [2.75, 3.05) is 18.5 Å². The molecule has 2 aromatic rings. The Morgan fingerprint density at radius 2 is 1.93 bits per heavy atom. The first-order valence-electron chi connectivity index (χ1n) is 8.78. The molecule has 1 unspecified atom stereocenters. The fraction of sp³-hybridized carbons (Fsp3) is 0.238. The summed E-state index contributed by atoms with van der Waals surface area (Å²) in [6.45, 7) is 4.31. The predicted octanol–water partition coefficient (Wildman–Crippen LogP) is 4.00. The lowest BCUT2D eigenvalue weighted by Gasteiger charge is -2.18. The summed E-state index contributed by atoms with van der Waals surface area (Å²) in [5.74, 6) is 0.241. The van der Waals surface area contributed by atoms with E-state index < -0.39 is 18.0 Å². The molecule has 0 saturated carbocycles. The van der Waals surface area contributed by atoms with Gasteiger partial charge in [0.15, 0.2) is 17.6 Å². The topological polar surface area (TPSA) is 73.9 Å². The minimum Gasteiger partial charge on any atom is -0.486 e. The Balaban J connectivity index is 1.57. The quantitative estimate of drug-likeness (QED) is 0.605. The van der Waals surface area contributed by atoms with E-state index in [4.69, 9.17) is 25.8 Å². The summed E-state index contributed by atoms with van der Waals surface area (Å²) in [5, 5.41) is 3.26. The predicted molar refractivity (Wildman–Crippen MR) is 107 cm³/mol. The van der Waals surface area contributed by atoms with Crippen molar-refractivity contribution in [1.29, 1.82) is 0 Å². The van der Waals surface area contributed by atoms with Gasteiger partial charge in [0.05, 0.1) is 0 Å². The van der Waals surface area contributed by atoms with Gasteiger partial charge in [-0.25, -0.2) is 4.79 Å². The van der Waals surface area contributed by atoms with E-state index >= 15 is 0 Å². The van der Waals surface area contributed by atoms with Gasteiger partial charge in [-0.05, 0) is 55.3 Å². The molecule has 1 atom stereocenters. The van der Waals surface area contributed by atoms with Crippen molar-refractivity contribution in [2.45, 2.75) is 20.0 Å². The number of halogens is 1. The van der Waals surface area contributed by atoms with E-state index in [0.29, 0.717) is 35.4 Å². The second-order valence-electron chi connectivity index (χ2n) is 6.22. The molecule has 0 spiro atoms. The van der Waals surface area contributed by atoms with Crippen LogP contribution in [-0.2, 0) is 14.3 Å². The average molecular weight is 402 g/mol.